The number of carbonyl (C=O) groups is 1. The summed E-state index contributed by atoms with van der Waals surface area (Å²) in [5.41, 5.74) is 4.67. The lowest BCUT2D eigenvalue weighted by Crippen LogP contribution is -2.43. The first-order valence-corrected chi connectivity index (χ1v) is 10.9. The summed E-state index contributed by atoms with van der Waals surface area (Å²) in [6.07, 6.45) is 0. The van der Waals surface area contributed by atoms with Crippen molar-refractivity contribution in [3.8, 4) is 5.75 Å². The predicted octanol–water partition coefficient (Wildman–Crippen LogP) is 3.56. The molecule has 0 spiro atoms. The molecule has 1 aliphatic rings. The van der Waals surface area contributed by atoms with Gasteiger partial charge in [-0.2, -0.15) is 0 Å². The second-order valence-corrected chi connectivity index (χ2v) is 8.64. The molecule has 1 heterocycles. The number of amides is 1. The minimum Gasteiger partial charge on any atom is -0.483 e. The van der Waals surface area contributed by atoms with E-state index in [1.54, 1.807) is 0 Å². The van der Waals surface area contributed by atoms with Crippen molar-refractivity contribution in [2.24, 2.45) is 0 Å². The summed E-state index contributed by atoms with van der Waals surface area (Å²) in [6.45, 7) is 12.3. The van der Waals surface area contributed by atoms with Crippen molar-refractivity contribution in [3.05, 3.63) is 64.7 Å². The van der Waals surface area contributed by atoms with Crippen molar-refractivity contribution in [3.63, 3.8) is 0 Å². The van der Waals surface area contributed by atoms with Gasteiger partial charge in [0.1, 0.15) is 5.75 Å². The number of hydrogen-bond acceptors (Lipinski definition) is 4. The Labute approximate surface area is 181 Å². The zero-order chi connectivity index (χ0) is 21.5. The molecule has 3 rings (SSSR count). The van der Waals surface area contributed by atoms with Crippen LogP contribution in [0.2, 0.25) is 0 Å². The summed E-state index contributed by atoms with van der Waals surface area (Å²) in [5.74, 6) is 1.11. The number of hydrogen-bond donors (Lipinski definition) is 1. The van der Waals surface area contributed by atoms with E-state index in [0.717, 1.165) is 49.6 Å². The molecule has 2 aromatic carbocycles. The zero-order valence-corrected chi connectivity index (χ0v) is 18.8. The molecule has 0 bridgehead atoms. The molecule has 1 amide bonds. The molecule has 0 aliphatic carbocycles. The molecular formula is C25H35N3O2. The van der Waals surface area contributed by atoms with Gasteiger partial charge in [-0.1, -0.05) is 50.2 Å². The highest BCUT2D eigenvalue weighted by molar-refractivity contribution is 5.77. The van der Waals surface area contributed by atoms with Crippen LogP contribution >= 0.6 is 0 Å². The molecule has 0 aromatic heterocycles. The van der Waals surface area contributed by atoms with Crippen LogP contribution in [0.1, 0.15) is 42.0 Å². The largest absolute Gasteiger partial charge is 0.483 e. The molecule has 5 nitrogen and oxygen atoms in total. The van der Waals surface area contributed by atoms with Crippen LogP contribution in [0.5, 0.6) is 5.75 Å². The van der Waals surface area contributed by atoms with Gasteiger partial charge in [0.15, 0.2) is 6.61 Å². The van der Waals surface area contributed by atoms with Crippen LogP contribution in [0.4, 0.5) is 0 Å². The lowest BCUT2D eigenvalue weighted by Gasteiger charge is -2.32. The van der Waals surface area contributed by atoms with Crippen molar-refractivity contribution in [1.29, 1.82) is 0 Å². The number of benzene rings is 2. The Kier molecular flexibility index (Phi) is 7.88. The fraction of sp³-hybridized carbons (Fsp3) is 0.480. The third kappa shape index (κ3) is 6.57. The SMILES string of the molecule is Cc1ccc(C(C)C)cc1OCC(=O)NCc1cccc(CN2CCN(C)CC2)c1. The molecule has 1 fully saturated rings. The van der Waals surface area contributed by atoms with E-state index in [9.17, 15) is 4.79 Å². The number of nitrogens with zero attached hydrogens (tertiary/aromatic N) is 2. The van der Waals surface area contributed by atoms with Gasteiger partial charge < -0.3 is 15.0 Å². The highest BCUT2D eigenvalue weighted by Crippen LogP contribution is 2.24. The highest BCUT2D eigenvalue weighted by atomic mass is 16.5. The maximum atomic E-state index is 12.3. The first-order chi connectivity index (χ1) is 14.4. The lowest BCUT2D eigenvalue weighted by atomic mass is 10.0. The van der Waals surface area contributed by atoms with E-state index in [-0.39, 0.29) is 12.5 Å². The summed E-state index contributed by atoms with van der Waals surface area (Å²) in [6, 6.07) is 14.7. The van der Waals surface area contributed by atoms with E-state index in [1.807, 2.05) is 13.0 Å². The Balaban J connectivity index is 1.47. The molecule has 162 valence electrons. The second-order valence-electron chi connectivity index (χ2n) is 8.64. The van der Waals surface area contributed by atoms with E-state index >= 15 is 0 Å². The minimum absolute atomic E-state index is 0.0311. The first kappa shape index (κ1) is 22.3. The van der Waals surface area contributed by atoms with E-state index < -0.39 is 0 Å². The topological polar surface area (TPSA) is 44.8 Å². The number of ether oxygens (including phenoxy) is 1. The van der Waals surface area contributed by atoms with Gasteiger partial charge in [-0.15, -0.1) is 0 Å². The van der Waals surface area contributed by atoms with Gasteiger partial charge in [-0.25, -0.2) is 0 Å². The maximum Gasteiger partial charge on any atom is 0.258 e. The van der Waals surface area contributed by atoms with Crippen LogP contribution in [-0.4, -0.2) is 55.5 Å². The van der Waals surface area contributed by atoms with Gasteiger partial charge in [-0.05, 0) is 48.2 Å². The number of carbonyl (C=O) groups excluding carboxylic acids is 1. The summed E-state index contributed by atoms with van der Waals surface area (Å²) in [5, 5.41) is 2.98. The molecule has 1 N–H and O–H groups in total. The van der Waals surface area contributed by atoms with Gasteiger partial charge in [0.05, 0.1) is 0 Å². The average Bonchev–Trinajstić information content (AvgIpc) is 2.73. The van der Waals surface area contributed by atoms with Crippen molar-refractivity contribution < 1.29 is 9.53 Å². The first-order valence-electron chi connectivity index (χ1n) is 10.9. The zero-order valence-electron chi connectivity index (χ0n) is 18.8. The smallest absolute Gasteiger partial charge is 0.258 e. The highest BCUT2D eigenvalue weighted by Gasteiger charge is 2.14. The Hall–Kier alpha value is -2.37. The molecule has 1 aliphatic heterocycles. The van der Waals surface area contributed by atoms with Gasteiger partial charge in [-0.3, -0.25) is 9.69 Å². The number of aryl methyl sites for hydroxylation is 1. The fourth-order valence-corrected chi connectivity index (χ4v) is 3.63. The van der Waals surface area contributed by atoms with Gasteiger partial charge in [0, 0.05) is 39.3 Å². The van der Waals surface area contributed by atoms with Crippen LogP contribution in [0, 0.1) is 6.92 Å². The molecule has 0 radical (unpaired) electrons. The lowest BCUT2D eigenvalue weighted by molar-refractivity contribution is -0.123. The summed E-state index contributed by atoms with van der Waals surface area (Å²) in [4.78, 5) is 17.2. The molecule has 1 saturated heterocycles. The Morgan fingerprint density at radius 1 is 1.07 bits per heavy atom. The Bertz CT molecular complexity index is 842. The monoisotopic (exact) mass is 409 g/mol. The average molecular weight is 410 g/mol. The Morgan fingerprint density at radius 3 is 2.53 bits per heavy atom. The standard InChI is InChI=1S/C25H35N3O2/c1-19(2)23-9-8-20(3)24(15-23)30-18-25(29)26-16-21-6-5-7-22(14-21)17-28-12-10-27(4)11-13-28/h5-9,14-15,19H,10-13,16-18H2,1-4H3,(H,26,29). The number of likely N-dealkylation sites (N-methyl/N-ethyl adjacent to an activating group) is 1. The third-order valence-electron chi connectivity index (χ3n) is 5.72. The molecule has 2 aromatic rings. The van der Waals surface area contributed by atoms with E-state index in [1.165, 1.54) is 11.1 Å². The number of rotatable bonds is 8. The fourth-order valence-electron chi connectivity index (χ4n) is 3.63. The van der Waals surface area contributed by atoms with E-state index in [2.05, 4.69) is 72.4 Å². The maximum absolute atomic E-state index is 12.3. The van der Waals surface area contributed by atoms with Gasteiger partial charge in [0.2, 0.25) is 0 Å². The van der Waals surface area contributed by atoms with Crippen molar-refractivity contribution in [1.82, 2.24) is 15.1 Å². The van der Waals surface area contributed by atoms with Crippen molar-refractivity contribution >= 4 is 5.91 Å². The van der Waals surface area contributed by atoms with Crippen LogP contribution in [0.15, 0.2) is 42.5 Å². The minimum atomic E-state index is -0.103. The predicted molar refractivity (Wildman–Crippen MR) is 122 cm³/mol. The summed E-state index contributed by atoms with van der Waals surface area (Å²) < 4.78 is 5.79. The van der Waals surface area contributed by atoms with Crippen LogP contribution in [-0.2, 0) is 17.9 Å². The van der Waals surface area contributed by atoms with Crippen LogP contribution in [0.25, 0.3) is 0 Å². The quantitative estimate of drug-likeness (QED) is 0.724. The molecule has 0 saturated carbocycles. The van der Waals surface area contributed by atoms with Crippen molar-refractivity contribution in [2.45, 2.75) is 39.8 Å². The molecule has 5 heteroatoms. The molecular weight excluding hydrogens is 374 g/mol. The van der Waals surface area contributed by atoms with E-state index in [4.69, 9.17) is 4.74 Å². The van der Waals surface area contributed by atoms with Gasteiger partial charge in [0.25, 0.3) is 5.91 Å². The normalized spacial score (nSPS) is 15.4. The molecule has 0 unspecified atom stereocenters. The Morgan fingerprint density at radius 2 is 1.80 bits per heavy atom. The van der Waals surface area contributed by atoms with Crippen molar-refractivity contribution in [2.75, 3.05) is 39.8 Å². The number of piperazine rings is 1. The van der Waals surface area contributed by atoms with Crippen LogP contribution in [0.3, 0.4) is 0 Å². The summed E-state index contributed by atoms with van der Waals surface area (Å²) >= 11 is 0. The number of nitrogens with one attached hydrogen (secondary N) is 1. The molecule has 0 atom stereocenters. The summed E-state index contributed by atoms with van der Waals surface area (Å²) in [7, 11) is 2.17. The van der Waals surface area contributed by atoms with E-state index in [0.29, 0.717) is 12.5 Å². The third-order valence-corrected chi connectivity index (χ3v) is 5.72. The second kappa shape index (κ2) is 10.6. The van der Waals surface area contributed by atoms with Gasteiger partial charge >= 0.3 is 0 Å². The van der Waals surface area contributed by atoms with Crippen LogP contribution < -0.4 is 10.1 Å². The molecule has 30 heavy (non-hydrogen) atoms.